The highest BCUT2D eigenvalue weighted by atomic mass is 16.3. The smallest absolute Gasteiger partial charge is 0.191 e. The fourth-order valence-electron chi connectivity index (χ4n) is 2.40. The summed E-state index contributed by atoms with van der Waals surface area (Å²) < 4.78 is 5.31. The van der Waals surface area contributed by atoms with E-state index in [4.69, 9.17) is 4.42 Å². The Labute approximate surface area is 128 Å². The lowest BCUT2D eigenvalue weighted by atomic mass is 10.2. The van der Waals surface area contributed by atoms with Gasteiger partial charge < -0.3 is 15.1 Å². The normalized spacial score (nSPS) is 12.5. The molecule has 2 N–H and O–H groups in total. The second kappa shape index (κ2) is 9.45. The molecular formula is C16H30N4O. The lowest BCUT2D eigenvalue weighted by Crippen LogP contribution is -2.45. The van der Waals surface area contributed by atoms with Gasteiger partial charge in [-0.1, -0.05) is 0 Å². The van der Waals surface area contributed by atoms with Crippen molar-refractivity contribution in [3.63, 3.8) is 0 Å². The van der Waals surface area contributed by atoms with E-state index in [-0.39, 0.29) is 0 Å². The quantitative estimate of drug-likeness (QED) is 0.569. The van der Waals surface area contributed by atoms with Gasteiger partial charge in [-0.25, -0.2) is 0 Å². The summed E-state index contributed by atoms with van der Waals surface area (Å²) in [5.41, 5.74) is 0. The molecule has 1 heterocycles. The number of nitrogens with one attached hydrogen (secondary N) is 2. The van der Waals surface area contributed by atoms with Crippen LogP contribution in [0, 0.1) is 0 Å². The average molecular weight is 294 g/mol. The minimum atomic E-state index is 0.556. The molecule has 0 aromatic carbocycles. The van der Waals surface area contributed by atoms with Crippen molar-refractivity contribution in [2.75, 3.05) is 26.7 Å². The topological polar surface area (TPSA) is 52.8 Å². The number of guanidine groups is 1. The SMILES string of the molecule is CN=C(NCCc1ccco1)NCCN(C(C)C)C(C)C. The maximum atomic E-state index is 5.31. The summed E-state index contributed by atoms with van der Waals surface area (Å²) in [6, 6.07) is 5.01. The number of furan rings is 1. The number of nitrogens with zero attached hydrogens (tertiary/aromatic N) is 2. The van der Waals surface area contributed by atoms with Gasteiger partial charge in [-0.3, -0.25) is 9.89 Å². The average Bonchev–Trinajstić information content (AvgIpc) is 2.93. The van der Waals surface area contributed by atoms with E-state index in [1.165, 1.54) is 0 Å². The number of aliphatic imine (C=N–C) groups is 1. The van der Waals surface area contributed by atoms with E-state index in [2.05, 4.69) is 48.2 Å². The van der Waals surface area contributed by atoms with E-state index in [1.807, 2.05) is 12.1 Å². The third-order valence-electron chi connectivity index (χ3n) is 3.46. The molecule has 120 valence electrons. The highest BCUT2D eigenvalue weighted by Gasteiger charge is 2.12. The molecule has 1 aromatic rings. The van der Waals surface area contributed by atoms with Crippen LogP contribution in [0.4, 0.5) is 0 Å². The van der Waals surface area contributed by atoms with Crippen LogP contribution in [0.15, 0.2) is 27.8 Å². The molecule has 0 bridgehead atoms. The van der Waals surface area contributed by atoms with Crippen LogP contribution in [0.25, 0.3) is 0 Å². The zero-order valence-corrected chi connectivity index (χ0v) is 14.0. The first-order valence-electron chi connectivity index (χ1n) is 7.77. The zero-order valence-electron chi connectivity index (χ0n) is 14.0. The van der Waals surface area contributed by atoms with Crippen LogP contribution in [-0.2, 0) is 6.42 Å². The van der Waals surface area contributed by atoms with Crippen molar-refractivity contribution < 1.29 is 4.42 Å². The lowest BCUT2D eigenvalue weighted by molar-refractivity contribution is 0.178. The fourth-order valence-corrected chi connectivity index (χ4v) is 2.40. The van der Waals surface area contributed by atoms with E-state index in [0.29, 0.717) is 12.1 Å². The molecule has 0 atom stereocenters. The monoisotopic (exact) mass is 294 g/mol. The highest BCUT2D eigenvalue weighted by Crippen LogP contribution is 2.03. The first-order chi connectivity index (χ1) is 10.0. The van der Waals surface area contributed by atoms with Crippen LogP contribution in [0.3, 0.4) is 0 Å². The van der Waals surface area contributed by atoms with Crippen LogP contribution >= 0.6 is 0 Å². The third kappa shape index (κ3) is 6.67. The summed E-state index contributed by atoms with van der Waals surface area (Å²) in [5, 5.41) is 6.66. The van der Waals surface area contributed by atoms with Crippen molar-refractivity contribution in [3.05, 3.63) is 24.2 Å². The summed E-state index contributed by atoms with van der Waals surface area (Å²) in [6.45, 7) is 11.6. The molecule has 5 nitrogen and oxygen atoms in total. The Balaban J connectivity index is 2.24. The van der Waals surface area contributed by atoms with Crippen LogP contribution in [0.1, 0.15) is 33.5 Å². The van der Waals surface area contributed by atoms with Gasteiger partial charge in [-0.15, -0.1) is 0 Å². The van der Waals surface area contributed by atoms with Gasteiger partial charge in [0.15, 0.2) is 5.96 Å². The molecule has 1 aromatic heterocycles. The Hall–Kier alpha value is -1.49. The van der Waals surface area contributed by atoms with Crippen LogP contribution < -0.4 is 10.6 Å². The van der Waals surface area contributed by atoms with E-state index >= 15 is 0 Å². The lowest BCUT2D eigenvalue weighted by Gasteiger charge is -2.30. The van der Waals surface area contributed by atoms with Gasteiger partial charge in [0.1, 0.15) is 5.76 Å². The second-order valence-corrected chi connectivity index (χ2v) is 5.68. The Morgan fingerprint density at radius 2 is 1.86 bits per heavy atom. The first-order valence-corrected chi connectivity index (χ1v) is 7.77. The molecule has 0 spiro atoms. The molecule has 0 amide bonds. The Morgan fingerprint density at radius 3 is 2.38 bits per heavy atom. The summed E-state index contributed by atoms with van der Waals surface area (Å²) in [4.78, 5) is 6.70. The maximum absolute atomic E-state index is 5.31. The van der Waals surface area contributed by atoms with E-state index in [9.17, 15) is 0 Å². The molecule has 0 fully saturated rings. The van der Waals surface area contributed by atoms with E-state index in [1.54, 1.807) is 13.3 Å². The Kier molecular flexibility index (Phi) is 7.90. The number of hydrogen-bond donors (Lipinski definition) is 2. The predicted molar refractivity (Wildman–Crippen MR) is 88.8 cm³/mol. The Morgan fingerprint density at radius 1 is 1.19 bits per heavy atom. The molecule has 0 aliphatic carbocycles. The summed E-state index contributed by atoms with van der Waals surface area (Å²) in [5.74, 6) is 1.83. The van der Waals surface area contributed by atoms with Crippen molar-refractivity contribution in [2.24, 2.45) is 4.99 Å². The standard InChI is InChI=1S/C16H30N4O/c1-13(2)20(14(3)4)11-10-19-16(17-5)18-9-8-15-7-6-12-21-15/h6-7,12-14H,8-11H2,1-5H3,(H2,17,18,19). The molecular weight excluding hydrogens is 264 g/mol. The van der Waals surface area contributed by atoms with Crippen molar-refractivity contribution in [2.45, 2.75) is 46.2 Å². The van der Waals surface area contributed by atoms with Crippen LogP contribution in [-0.4, -0.2) is 49.6 Å². The molecule has 0 aliphatic heterocycles. The molecule has 5 heteroatoms. The van der Waals surface area contributed by atoms with Crippen molar-refractivity contribution in [1.82, 2.24) is 15.5 Å². The molecule has 0 saturated carbocycles. The van der Waals surface area contributed by atoms with Gasteiger partial charge in [0.25, 0.3) is 0 Å². The largest absolute Gasteiger partial charge is 0.469 e. The molecule has 21 heavy (non-hydrogen) atoms. The summed E-state index contributed by atoms with van der Waals surface area (Å²) in [6.07, 6.45) is 2.56. The molecule has 0 saturated heterocycles. The summed E-state index contributed by atoms with van der Waals surface area (Å²) >= 11 is 0. The van der Waals surface area contributed by atoms with Crippen molar-refractivity contribution in [1.29, 1.82) is 0 Å². The van der Waals surface area contributed by atoms with Crippen molar-refractivity contribution >= 4 is 5.96 Å². The molecule has 1 rings (SSSR count). The minimum absolute atomic E-state index is 0.556. The van der Waals surface area contributed by atoms with Gasteiger partial charge >= 0.3 is 0 Å². The fraction of sp³-hybridized carbons (Fsp3) is 0.688. The van der Waals surface area contributed by atoms with Gasteiger partial charge in [0.2, 0.25) is 0 Å². The third-order valence-corrected chi connectivity index (χ3v) is 3.46. The number of hydrogen-bond acceptors (Lipinski definition) is 3. The second-order valence-electron chi connectivity index (χ2n) is 5.68. The molecule has 0 radical (unpaired) electrons. The van der Waals surface area contributed by atoms with Crippen LogP contribution in [0.2, 0.25) is 0 Å². The van der Waals surface area contributed by atoms with Crippen molar-refractivity contribution in [3.8, 4) is 0 Å². The number of rotatable bonds is 8. The minimum Gasteiger partial charge on any atom is -0.469 e. The summed E-state index contributed by atoms with van der Waals surface area (Å²) in [7, 11) is 1.80. The van der Waals surface area contributed by atoms with E-state index in [0.717, 1.165) is 37.8 Å². The Bertz CT molecular complexity index is 390. The highest BCUT2D eigenvalue weighted by molar-refractivity contribution is 5.79. The molecule has 0 unspecified atom stereocenters. The van der Waals surface area contributed by atoms with Gasteiger partial charge in [0, 0.05) is 45.2 Å². The maximum Gasteiger partial charge on any atom is 0.191 e. The van der Waals surface area contributed by atoms with Gasteiger partial charge in [-0.2, -0.15) is 0 Å². The van der Waals surface area contributed by atoms with Crippen LogP contribution in [0.5, 0.6) is 0 Å². The zero-order chi connectivity index (χ0) is 15.7. The first kappa shape index (κ1) is 17.6. The van der Waals surface area contributed by atoms with Gasteiger partial charge in [0.05, 0.1) is 6.26 Å². The predicted octanol–water partition coefficient (Wildman–Crippen LogP) is 2.11. The molecule has 0 aliphatic rings. The van der Waals surface area contributed by atoms with E-state index < -0.39 is 0 Å². The van der Waals surface area contributed by atoms with Gasteiger partial charge in [-0.05, 0) is 39.8 Å².